The summed E-state index contributed by atoms with van der Waals surface area (Å²) in [7, 11) is 1.66. The quantitative estimate of drug-likeness (QED) is 0.800. The van der Waals surface area contributed by atoms with E-state index in [0.29, 0.717) is 6.54 Å². The van der Waals surface area contributed by atoms with Crippen molar-refractivity contribution in [1.29, 1.82) is 0 Å². The van der Waals surface area contributed by atoms with Gasteiger partial charge in [-0.3, -0.25) is 4.98 Å². The molecular weight excluding hydrogens is 264 g/mol. The Labute approximate surface area is 123 Å². The third-order valence-electron chi connectivity index (χ3n) is 3.57. The summed E-state index contributed by atoms with van der Waals surface area (Å²) in [6.45, 7) is 2.69. The number of pyridine rings is 1. The fraction of sp³-hybridized carbons (Fsp3) is 0.235. The van der Waals surface area contributed by atoms with Gasteiger partial charge in [0.15, 0.2) is 0 Å². The van der Waals surface area contributed by atoms with Gasteiger partial charge in [0, 0.05) is 29.5 Å². The molecule has 1 N–H and O–H groups in total. The molecule has 0 atom stereocenters. The van der Waals surface area contributed by atoms with Crippen molar-refractivity contribution < 1.29 is 9.84 Å². The predicted molar refractivity (Wildman–Crippen MR) is 82.5 cm³/mol. The first-order chi connectivity index (χ1) is 10.2. The first-order valence-corrected chi connectivity index (χ1v) is 6.90. The molecule has 21 heavy (non-hydrogen) atoms. The summed E-state index contributed by atoms with van der Waals surface area (Å²) in [5, 5.41) is 10.4. The van der Waals surface area contributed by atoms with Gasteiger partial charge in [-0.05, 0) is 30.0 Å². The topological polar surface area (TPSA) is 47.3 Å². The van der Waals surface area contributed by atoms with Crippen LogP contribution < -0.4 is 4.74 Å². The molecule has 0 unspecified atom stereocenters. The van der Waals surface area contributed by atoms with Gasteiger partial charge >= 0.3 is 0 Å². The number of fused-ring (bicyclic) bond motifs is 1. The van der Waals surface area contributed by atoms with Gasteiger partial charge in [0.25, 0.3) is 0 Å². The molecule has 3 aromatic rings. The molecule has 1 aromatic carbocycles. The average Bonchev–Trinajstić information content (AvgIpc) is 2.88. The summed E-state index contributed by atoms with van der Waals surface area (Å²) < 4.78 is 7.43. The summed E-state index contributed by atoms with van der Waals surface area (Å²) >= 11 is 0. The van der Waals surface area contributed by atoms with Crippen LogP contribution in [0.5, 0.6) is 5.75 Å². The number of rotatable bonds is 4. The van der Waals surface area contributed by atoms with Gasteiger partial charge in [-0.15, -0.1) is 0 Å². The van der Waals surface area contributed by atoms with Crippen molar-refractivity contribution in [3.05, 3.63) is 59.5 Å². The average molecular weight is 282 g/mol. The number of methoxy groups -OCH3 is 1. The molecule has 0 spiro atoms. The van der Waals surface area contributed by atoms with E-state index in [0.717, 1.165) is 33.6 Å². The molecule has 4 heteroatoms. The molecule has 0 amide bonds. The normalized spacial score (nSPS) is 11.0. The maximum Gasteiger partial charge on any atom is 0.122 e. The highest BCUT2D eigenvalue weighted by atomic mass is 16.5. The van der Waals surface area contributed by atoms with Crippen LogP contribution in [0.15, 0.2) is 42.6 Å². The fourth-order valence-corrected chi connectivity index (χ4v) is 2.54. The van der Waals surface area contributed by atoms with Gasteiger partial charge in [-0.25, -0.2) is 0 Å². The van der Waals surface area contributed by atoms with Gasteiger partial charge in [-0.1, -0.05) is 12.1 Å². The van der Waals surface area contributed by atoms with Crippen LogP contribution in [0.3, 0.4) is 0 Å². The number of benzene rings is 1. The van der Waals surface area contributed by atoms with Crippen LogP contribution in [0.1, 0.15) is 17.0 Å². The van der Waals surface area contributed by atoms with Crippen LogP contribution in [0.4, 0.5) is 0 Å². The van der Waals surface area contributed by atoms with E-state index in [1.54, 1.807) is 7.11 Å². The van der Waals surface area contributed by atoms with Gasteiger partial charge in [0.05, 0.1) is 26.0 Å². The lowest BCUT2D eigenvalue weighted by molar-refractivity contribution is 0.282. The molecule has 0 aliphatic carbocycles. The number of ether oxygens (including phenoxy) is 1. The van der Waals surface area contributed by atoms with Crippen LogP contribution >= 0.6 is 0 Å². The monoisotopic (exact) mass is 282 g/mol. The highest BCUT2D eigenvalue weighted by Crippen LogP contribution is 2.20. The van der Waals surface area contributed by atoms with E-state index in [1.807, 2.05) is 43.5 Å². The lowest BCUT2D eigenvalue weighted by Gasteiger charge is -2.09. The van der Waals surface area contributed by atoms with E-state index in [4.69, 9.17) is 4.74 Å². The number of aliphatic hydroxyl groups is 1. The Morgan fingerprint density at radius 1 is 1.19 bits per heavy atom. The van der Waals surface area contributed by atoms with Crippen molar-refractivity contribution in [3.63, 3.8) is 0 Å². The van der Waals surface area contributed by atoms with Crippen molar-refractivity contribution in [2.24, 2.45) is 0 Å². The lowest BCUT2D eigenvalue weighted by atomic mass is 10.2. The van der Waals surface area contributed by atoms with Crippen LogP contribution in [-0.4, -0.2) is 21.8 Å². The van der Waals surface area contributed by atoms with E-state index >= 15 is 0 Å². The Morgan fingerprint density at radius 2 is 2.05 bits per heavy atom. The number of hydrogen-bond acceptors (Lipinski definition) is 3. The Balaban J connectivity index is 1.99. The van der Waals surface area contributed by atoms with E-state index in [2.05, 4.69) is 15.6 Å². The molecule has 0 bridgehead atoms. The summed E-state index contributed by atoms with van der Waals surface area (Å²) in [5.41, 5.74) is 3.91. The smallest absolute Gasteiger partial charge is 0.122 e. The van der Waals surface area contributed by atoms with Crippen LogP contribution in [0, 0.1) is 6.92 Å². The number of hydrogen-bond donors (Lipinski definition) is 1. The SMILES string of the molecule is COc1cc(C)nc(Cn2ccc3ccc(CO)cc32)c1. The Hall–Kier alpha value is -2.33. The molecule has 2 aromatic heterocycles. The molecule has 2 heterocycles. The molecule has 0 fully saturated rings. The zero-order valence-electron chi connectivity index (χ0n) is 12.2. The molecule has 0 saturated carbocycles. The molecule has 0 aliphatic rings. The summed E-state index contributed by atoms with van der Waals surface area (Å²) in [5.74, 6) is 0.824. The standard InChI is InChI=1S/C17H18N2O2/c1-12-7-16(21-2)9-15(18-12)10-19-6-5-14-4-3-13(11-20)8-17(14)19/h3-9,20H,10-11H2,1-2H3. The number of aliphatic hydroxyl groups excluding tert-OH is 1. The number of aryl methyl sites for hydroxylation is 1. The van der Waals surface area contributed by atoms with E-state index in [9.17, 15) is 5.11 Å². The summed E-state index contributed by atoms with van der Waals surface area (Å²) in [6.07, 6.45) is 2.04. The maximum absolute atomic E-state index is 9.28. The highest BCUT2D eigenvalue weighted by molar-refractivity contribution is 5.80. The first kappa shape index (κ1) is 13.6. The molecule has 0 saturated heterocycles. The number of aromatic nitrogens is 2. The Morgan fingerprint density at radius 3 is 2.81 bits per heavy atom. The van der Waals surface area contributed by atoms with Crippen molar-refractivity contribution in [1.82, 2.24) is 9.55 Å². The van der Waals surface area contributed by atoms with Crippen LogP contribution in [0.2, 0.25) is 0 Å². The highest BCUT2D eigenvalue weighted by Gasteiger charge is 2.06. The lowest BCUT2D eigenvalue weighted by Crippen LogP contribution is -2.02. The Kier molecular flexibility index (Phi) is 3.62. The molecular formula is C17H18N2O2. The molecule has 3 rings (SSSR count). The third kappa shape index (κ3) is 2.76. The third-order valence-corrected chi connectivity index (χ3v) is 3.57. The molecule has 108 valence electrons. The van der Waals surface area contributed by atoms with Gasteiger partial charge in [0.1, 0.15) is 5.75 Å². The van der Waals surface area contributed by atoms with Gasteiger partial charge in [-0.2, -0.15) is 0 Å². The Bertz CT molecular complexity index is 778. The number of nitrogens with zero attached hydrogens (tertiary/aromatic N) is 2. The zero-order chi connectivity index (χ0) is 14.8. The second-order valence-corrected chi connectivity index (χ2v) is 5.13. The van der Waals surface area contributed by atoms with Crippen LogP contribution in [0.25, 0.3) is 10.9 Å². The predicted octanol–water partition coefficient (Wildman–Crippen LogP) is 2.89. The molecule has 0 aliphatic heterocycles. The first-order valence-electron chi connectivity index (χ1n) is 6.90. The summed E-state index contributed by atoms with van der Waals surface area (Å²) in [4.78, 5) is 4.56. The van der Waals surface area contributed by atoms with Crippen molar-refractivity contribution in [2.75, 3.05) is 7.11 Å². The minimum atomic E-state index is 0.0532. The van der Waals surface area contributed by atoms with E-state index in [1.165, 1.54) is 0 Å². The van der Waals surface area contributed by atoms with Crippen molar-refractivity contribution in [2.45, 2.75) is 20.1 Å². The van der Waals surface area contributed by atoms with Gasteiger partial charge in [0.2, 0.25) is 0 Å². The van der Waals surface area contributed by atoms with E-state index < -0.39 is 0 Å². The second-order valence-electron chi connectivity index (χ2n) is 5.13. The maximum atomic E-state index is 9.28. The summed E-state index contributed by atoms with van der Waals surface area (Å²) in [6, 6.07) is 11.9. The minimum Gasteiger partial charge on any atom is -0.497 e. The van der Waals surface area contributed by atoms with Gasteiger partial charge < -0.3 is 14.4 Å². The van der Waals surface area contributed by atoms with Crippen molar-refractivity contribution in [3.8, 4) is 5.75 Å². The van der Waals surface area contributed by atoms with Crippen LogP contribution in [-0.2, 0) is 13.2 Å². The minimum absolute atomic E-state index is 0.0532. The second kappa shape index (κ2) is 5.58. The largest absolute Gasteiger partial charge is 0.497 e. The molecule has 4 nitrogen and oxygen atoms in total. The fourth-order valence-electron chi connectivity index (χ4n) is 2.54. The van der Waals surface area contributed by atoms with E-state index in [-0.39, 0.29) is 6.61 Å². The zero-order valence-corrected chi connectivity index (χ0v) is 12.2. The van der Waals surface area contributed by atoms with Crippen molar-refractivity contribution >= 4 is 10.9 Å². The molecule has 0 radical (unpaired) electrons.